The molecule has 6 heteroatoms. The van der Waals surface area contributed by atoms with Crippen LogP contribution in [0.3, 0.4) is 0 Å². The molecule has 0 saturated carbocycles. The first kappa shape index (κ1) is 19.3. The Kier molecular flexibility index (Phi) is 8.98. The fourth-order valence-electron chi connectivity index (χ4n) is 2.34. The number of halogens is 2. The van der Waals surface area contributed by atoms with Gasteiger partial charge in [0.15, 0.2) is 11.5 Å². The summed E-state index contributed by atoms with van der Waals surface area (Å²) < 4.78 is 5.43. The van der Waals surface area contributed by atoms with Crippen LogP contribution >= 0.6 is 24.8 Å². The normalized spacial score (nSPS) is 16.7. The average molecular weight is 323 g/mol. The lowest BCUT2D eigenvalue weighted by atomic mass is 10.1. The molecule has 116 valence electrons. The van der Waals surface area contributed by atoms with E-state index in [1.54, 1.807) is 6.07 Å². The number of rotatable bonds is 4. The number of phenols is 1. The van der Waals surface area contributed by atoms with E-state index in [9.17, 15) is 5.11 Å². The van der Waals surface area contributed by atoms with Gasteiger partial charge in [0.1, 0.15) is 0 Å². The highest BCUT2D eigenvalue weighted by Crippen LogP contribution is 2.31. The quantitative estimate of drug-likeness (QED) is 0.894. The molecule has 1 saturated heterocycles. The first-order valence-corrected chi connectivity index (χ1v) is 6.63. The van der Waals surface area contributed by atoms with E-state index in [0.29, 0.717) is 18.4 Å². The molecule has 0 aliphatic carbocycles. The van der Waals surface area contributed by atoms with Crippen LogP contribution < -0.4 is 10.1 Å². The van der Waals surface area contributed by atoms with Crippen molar-refractivity contribution >= 4 is 24.8 Å². The van der Waals surface area contributed by atoms with Crippen molar-refractivity contribution < 1.29 is 9.84 Å². The maximum absolute atomic E-state index is 9.71. The highest BCUT2D eigenvalue weighted by Gasteiger charge is 2.18. The smallest absolute Gasteiger partial charge is 0.161 e. The Morgan fingerprint density at radius 2 is 1.95 bits per heavy atom. The maximum Gasteiger partial charge on any atom is 0.161 e. The zero-order valence-electron chi connectivity index (χ0n) is 12.0. The van der Waals surface area contributed by atoms with Crippen molar-refractivity contribution in [3.8, 4) is 11.5 Å². The average Bonchev–Trinajstić information content (AvgIpc) is 2.42. The number of hydrogen-bond acceptors (Lipinski definition) is 4. The van der Waals surface area contributed by atoms with E-state index < -0.39 is 0 Å². The van der Waals surface area contributed by atoms with Gasteiger partial charge in [0.2, 0.25) is 0 Å². The zero-order chi connectivity index (χ0) is 13.0. The predicted molar refractivity (Wildman–Crippen MR) is 86.6 cm³/mol. The summed E-state index contributed by atoms with van der Waals surface area (Å²) in [7, 11) is 0. The van der Waals surface area contributed by atoms with E-state index in [2.05, 4.69) is 17.1 Å². The fraction of sp³-hybridized carbons (Fsp3) is 0.571. The number of benzene rings is 1. The van der Waals surface area contributed by atoms with Crippen molar-refractivity contribution in [1.82, 2.24) is 10.2 Å². The van der Waals surface area contributed by atoms with Crippen LogP contribution in [0.25, 0.3) is 0 Å². The number of nitrogens with zero attached hydrogens (tertiary/aromatic N) is 1. The summed E-state index contributed by atoms with van der Waals surface area (Å²) in [6, 6.07) is 6.00. The molecule has 2 N–H and O–H groups in total. The Hall–Kier alpha value is -0.680. The van der Waals surface area contributed by atoms with Gasteiger partial charge in [0.25, 0.3) is 0 Å². The molecule has 2 rings (SSSR count). The molecule has 1 aliphatic rings. The lowest BCUT2D eigenvalue weighted by molar-refractivity contribution is 0.185. The summed E-state index contributed by atoms with van der Waals surface area (Å²) in [5, 5.41) is 13.1. The van der Waals surface area contributed by atoms with Crippen molar-refractivity contribution in [2.75, 3.05) is 32.8 Å². The van der Waals surface area contributed by atoms with Crippen molar-refractivity contribution in [3.05, 3.63) is 23.8 Å². The Balaban J connectivity index is 0.00000180. The summed E-state index contributed by atoms with van der Waals surface area (Å²) in [5.74, 6) is 0.796. The Bertz CT molecular complexity index is 399. The molecule has 1 fully saturated rings. The molecular weight excluding hydrogens is 299 g/mol. The lowest BCUT2D eigenvalue weighted by Crippen LogP contribution is -2.44. The largest absolute Gasteiger partial charge is 0.504 e. The molecule has 0 radical (unpaired) electrons. The van der Waals surface area contributed by atoms with Gasteiger partial charge in [0, 0.05) is 32.2 Å². The molecule has 0 aromatic heterocycles. The van der Waals surface area contributed by atoms with Gasteiger partial charge in [-0.2, -0.15) is 0 Å². The minimum absolute atomic E-state index is 0. The van der Waals surface area contributed by atoms with Crippen molar-refractivity contribution in [3.63, 3.8) is 0 Å². The second-order valence-electron chi connectivity index (χ2n) is 4.62. The number of piperazine rings is 1. The molecule has 4 nitrogen and oxygen atoms in total. The lowest BCUT2D eigenvalue weighted by Gasteiger charge is -2.33. The third kappa shape index (κ3) is 4.70. The number of phenolic OH excluding ortho intramolecular Hbond substituents is 1. The summed E-state index contributed by atoms with van der Waals surface area (Å²) in [6.45, 7) is 8.90. The Labute approximate surface area is 133 Å². The highest BCUT2D eigenvalue weighted by atomic mass is 35.5. The Morgan fingerprint density at radius 1 is 1.30 bits per heavy atom. The van der Waals surface area contributed by atoms with Crippen molar-refractivity contribution in [2.45, 2.75) is 19.9 Å². The number of hydrogen-bond donors (Lipinski definition) is 2. The zero-order valence-corrected chi connectivity index (χ0v) is 13.6. The minimum Gasteiger partial charge on any atom is -0.504 e. The number of ether oxygens (including phenoxy) is 1. The van der Waals surface area contributed by atoms with Crippen LogP contribution in [0.15, 0.2) is 18.2 Å². The molecule has 20 heavy (non-hydrogen) atoms. The fourth-order valence-corrected chi connectivity index (χ4v) is 2.34. The van der Waals surface area contributed by atoms with Gasteiger partial charge in [-0.05, 0) is 31.5 Å². The standard InChI is InChI=1S/C14H22N2O2.2ClH/c1-3-18-14-10-12(4-5-13(14)17)11(2)16-8-6-15-7-9-16;;/h4-5,10-11,15,17H,3,6-9H2,1-2H3;2*1H/t11-;;/m1../s1. The van der Waals surface area contributed by atoms with E-state index in [-0.39, 0.29) is 30.6 Å². The van der Waals surface area contributed by atoms with E-state index in [1.807, 2.05) is 19.1 Å². The predicted octanol–water partition coefficient (Wildman–Crippen LogP) is 2.60. The van der Waals surface area contributed by atoms with Crippen LogP contribution in [0, 0.1) is 0 Å². The number of nitrogens with one attached hydrogen (secondary N) is 1. The maximum atomic E-state index is 9.71. The monoisotopic (exact) mass is 322 g/mol. The Morgan fingerprint density at radius 3 is 2.55 bits per heavy atom. The third-order valence-electron chi connectivity index (χ3n) is 3.47. The summed E-state index contributed by atoms with van der Waals surface area (Å²) in [5.41, 5.74) is 1.19. The second kappa shape index (κ2) is 9.29. The molecule has 0 unspecified atom stereocenters. The van der Waals surface area contributed by atoms with Gasteiger partial charge in [-0.1, -0.05) is 6.07 Å². The molecule has 1 atom stereocenters. The van der Waals surface area contributed by atoms with Crippen LogP contribution in [0.2, 0.25) is 0 Å². The van der Waals surface area contributed by atoms with Crippen molar-refractivity contribution in [1.29, 1.82) is 0 Å². The molecule has 1 aromatic rings. The van der Waals surface area contributed by atoms with Gasteiger partial charge in [-0.25, -0.2) is 0 Å². The second-order valence-corrected chi connectivity index (χ2v) is 4.62. The van der Waals surface area contributed by atoms with Crippen LogP contribution in [-0.2, 0) is 0 Å². The van der Waals surface area contributed by atoms with Crippen LogP contribution in [0.5, 0.6) is 11.5 Å². The van der Waals surface area contributed by atoms with Crippen LogP contribution in [0.4, 0.5) is 0 Å². The van der Waals surface area contributed by atoms with E-state index in [0.717, 1.165) is 26.2 Å². The topological polar surface area (TPSA) is 44.7 Å². The first-order chi connectivity index (χ1) is 8.72. The van der Waals surface area contributed by atoms with Crippen LogP contribution in [-0.4, -0.2) is 42.8 Å². The minimum atomic E-state index is 0. The molecule has 0 amide bonds. The summed E-state index contributed by atoms with van der Waals surface area (Å²) in [6.07, 6.45) is 0. The van der Waals surface area contributed by atoms with Crippen molar-refractivity contribution in [2.24, 2.45) is 0 Å². The SMILES string of the molecule is CCOc1cc([C@@H](C)N2CCNCC2)ccc1O.Cl.Cl. The van der Waals surface area contributed by atoms with Gasteiger partial charge in [0.05, 0.1) is 6.61 Å². The summed E-state index contributed by atoms with van der Waals surface area (Å²) >= 11 is 0. The van der Waals surface area contributed by atoms with Gasteiger partial charge >= 0.3 is 0 Å². The van der Waals surface area contributed by atoms with E-state index >= 15 is 0 Å². The molecule has 1 aliphatic heterocycles. The summed E-state index contributed by atoms with van der Waals surface area (Å²) in [4.78, 5) is 2.44. The molecule has 0 bridgehead atoms. The third-order valence-corrected chi connectivity index (χ3v) is 3.47. The van der Waals surface area contributed by atoms with Gasteiger partial charge < -0.3 is 15.2 Å². The molecule has 0 spiro atoms. The molecular formula is C14H24Cl2N2O2. The van der Waals surface area contributed by atoms with E-state index in [1.165, 1.54) is 5.56 Å². The van der Waals surface area contributed by atoms with Crippen LogP contribution in [0.1, 0.15) is 25.5 Å². The van der Waals surface area contributed by atoms with Gasteiger partial charge in [-0.15, -0.1) is 24.8 Å². The first-order valence-electron chi connectivity index (χ1n) is 6.63. The molecule has 1 aromatic carbocycles. The van der Waals surface area contributed by atoms with Gasteiger partial charge in [-0.3, -0.25) is 4.90 Å². The molecule has 1 heterocycles. The highest BCUT2D eigenvalue weighted by molar-refractivity contribution is 5.85. The number of aromatic hydroxyl groups is 1. The van der Waals surface area contributed by atoms with E-state index in [4.69, 9.17) is 4.74 Å².